The van der Waals surface area contributed by atoms with Crippen LogP contribution in [-0.2, 0) is 22.9 Å². The number of phenolic OH excluding ortho intramolecular Hbond substituents is 1. The number of phenols is 1. The van der Waals surface area contributed by atoms with Gasteiger partial charge in [-0.05, 0) is 81.1 Å². The van der Waals surface area contributed by atoms with Gasteiger partial charge in [0.2, 0.25) is 0 Å². The van der Waals surface area contributed by atoms with Gasteiger partial charge >= 0.3 is 0 Å². The highest BCUT2D eigenvalue weighted by molar-refractivity contribution is 6.75. The summed E-state index contributed by atoms with van der Waals surface area (Å²) in [6.07, 6.45) is 1.83. The minimum Gasteiger partial charge on any atom is -0.507 e. The molecule has 0 unspecified atom stereocenters. The molecule has 0 aliphatic rings. The van der Waals surface area contributed by atoms with Gasteiger partial charge in [0.05, 0.1) is 44.1 Å². The van der Waals surface area contributed by atoms with Crippen molar-refractivity contribution in [1.29, 1.82) is 0 Å². The van der Waals surface area contributed by atoms with E-state index >= 15 is 0 Å². The lowest BCUT2D eigenvalue weighted by Gasteiger charge is -2.27. The molecule has 0 saturated carbocycles. The third-order valence-corrected chi connectivity index (χ3v) is 15.5. The van der Waals surface area contributed by atoms with E-state index in [4.69, 9.17) is 19.9 Å². The van der Waals surface area contributed by atoms with Crippen LogP contribution < -0.4 is 0 Å². The first-order valence-corrected chi connectivity index (χ1v) is 32.0. The highest BCUT2D eigenvalue weighted by Crippen LogP contribution is 2.46. The molecule has 0 aliphatic carbocycles. The Kier molecular flexibility index (Phi) is 12.7. The summed E-state index contributed by atoms with van der Waals surface area (Å²) in [4.78, 5) is 25.4. The maximum absolute atomic E-state index is 12.6. The van der Waals surface area contributed by atoms with E-state index < -0.39 is 16.1 Å². The number of fused-ring (bicyclic) bond motifs is 1. The average molecular weight is 955 g/mol. The molecule has 9 aromatic rings. The minimum absolute atomic E-state index is 0.196. The van der Waals surface area contributed by atoms with Crippen molar-refractivity contribution in [3.05, 3.63) is 175 Å². The molecule has 354 valence electrons. The van der Waals surface area contributed by atoms with Crippen LogP contribution in [0.1, 0.15) is 64.3 Å². The summed E-state index contributed by atoms with van der Waals surface area (Å²) in [5.74, 6) is 3.49. The highest BCUT2D eigenvalue weighted by Gasteiger charge is 2.30. The maximum Gasteiger partial charge on any atom is 0.163 e. The van der Waals surface area contributed by atoms with Crippen molar-refractivity contribution in [3.8, 4) is 78.9 Å². The lowest BCUT2D eigenvalue weighted by molar-refractivity contribution is 0.446. The summed E-state index contributed by atoms with van der Waals surface area (Å²) < 4.78 is 2.27. The fourth-order valence-corrected chi connectivity index (χ4v) is 11.4. The maximum atomic E-state index is 12.6. The standard InChI is InChI=1S/C61H66N6OSi2/c1-60(2,3)46-36-49(57(68)50(37-46)61(4,5)6)59-66-56-47(44-22-18-23-45(34-44)51-25-16-17-33-62-51)24-19-26-53(56)67(59)52-32-31-43(35-48(52)41-20-14-13-15-21-41)40-27-29-42(30-28-40)58-64-54(38-69(7,8)9)63-55(65-58)39-70(10,11)12/h13-37,68H,38-39H2,1-12H3. The molecule has 6 aromatic carbocycles. The van der Waals surface area contributed by atoms with Crippen LogP contribution in [0.25, 0.3) is 84.1 Å². The molecule has 0 aliphatic heterocycles. The Balaban J connectivity index is 1.25. The molecule has 0 atom stereocenters. The predicted octanol–water partition coefficient (Wildman–Crippen LogP) is 15.7. The number of benzene rings is 6. The van der Waals surface area contributed by atoms with E-state index in [1.165, 1.54) is 0 Å². The second-order valence-corrected chi connectivity index (χ2v) is 34.3. The van der Waals surface area contributed by atoms with Crippen LogP contribution >= 0.6 is 0 Å². The van der Waals surface area contributed by atoms with Gasteiger partial charge in [0.15, 0.2) is 5.82 Å². The Hall–Kier alpha value is -6.82. The predicted molar refractivity (Wildman–Crippen MR) is 298 cm³/mol. The molecular weight excluding hydrogens is 889 g/mol. The first-order valence-electron chi connectivity index (χ1n) is 24.6. The van der Waals surface area contributed by atoms with E-state index in [0.717, 1.165) is 108 Å². The van der Waals surface area contributed by atoms with Gasteiger partial charge in [-0.25, -0.2) is 19.9 Å². The van der Waals surface area contributed by atoms with Gasteiger partial charge in [-0.1, -0.05) is 184 Å². The van der Waals surface area contributed by atoms with Crippen molar-refractivity contribution in [2.75, 3.05) is 0 Å². The Morgan fingerprint density at radius 3 is 1.73 bits per heavy atom. The number of imidazole rings is 1. The number of nitrogens with zero attached hydrogens (tertiary/aromatic N) is 6. The van der Waals surface area contributed by atoms with Gasteiger partial charge < -0.3 is 5.11 Å². The second kappa shape index (κ2) is 18.5. The summed E-state index contributed by atoms with van der Waals surface area (Å²) in [6.45, 7) is 27.4. The van der Waals surface area contributed by atoms with Crippen LogP contribution in [0.2, 0.25) is 39.3 Å². The topological polar surface area (TPSA) is 89.6 Å². The fourth-order valence-electron chi connectivity index (χ4n) is 9.22. The van der Waals surface area contributed by atoms with Crippen LogP contribution in [0, 0.1) is 0 Å². The number of hydrogen-bond donors (Lipinski definition) is 1. The summed E-state index contributed by atoms with van der Waals surface area (Å²) >= 11 is 0. The fraction of sp³-hybridized carbons (Fsp3) is 0.262. The zero-order valence-corrected chi connectivity index (χ0v) is 45.0. The first-order chi connectivity index (χ1) is 33.1. The van der Waals surface area contributed by atoms with Crippen molar-refractivity contribution in [2.24, 2.45) is 0 Å². The monoisotopic (exact) mass is 954 g/mol. The van der Waals surface area contributed by atoms with Gasteiger partial charge in [0, 0.05) is 46.1 Å². The number of aromatic hydroxyl groups is 1. The summed E-state index contributed by atoms with van der Waals surface area (Å²) in [7, 11) is -2.94. The summed E-state index contributed by atoms with van der Waals surface area (Å²) in [5.41, 5.74) is 14.1. The minimum atomic E-state index is -1.47. The van der Waals surface area contributed by atoms with Crippen LogP contribution in [-0.4, -0.2) is 50.7 Å². The quantitative estimate of drug-likeness (QED) is 0.130. The molecule has 1 N–H and O–H groups in total. The lowest BCUT2D eigenvalue weighted by atomic mass is 9.79. The Bertz CT molecular complexity index is 3320. The molecule has 0 bridgehead atoms. The lowest BCUT2D eigenvalue weighted by Crippen LogP contribution is -2.28. The van der Waals surface area contributed by atoms with E-state index in [1.807, 2.05) is 24.4 Å². The van der Waals surface area contributed by atoms with Gasteiger partial charge in [-0.2, -0.15) is 0 Å². The van der Waals surface area contributed by atoms with Crippen LogP contribution in [0.3, 0.4) is 0 Å². The third-order valence-electron chi connectivity index (χ3n) is 12.7. The Morgan fingerprint density at radius 2 is 1.10 bits per heavy atom. The normalized spacial score (nSPS) is 12.5. The number of rotatable bonds is 11. The molecule has 0 fully saturated rings. The Labute approximate surface area is 416 Å². The summed E-state index contributed by atoms with van der Waals surface area (Å²) in [6, 6.07) is 53.1. The van der Waals surface area contributed by atoms with Crippen LogP contribution in [0.4, 0.5) is 0 Å². The molecule has 0 radical (unpaired) electrons. The zero-order valence-electron chi connectivity index (χ0n) is 43.0. The smallest absolute Gasteiger partial charge is 0.163 e. The van der Waals surface area contributed by atoms with Crippen molar-refractivity contribution < 1.29 is 5.11 Å². The number of hydrogen-bond acceptors (Lipinski definition) is 6. The van der Waals surface area contributed by atoms with E-state index in [9.17, 15) is 5.11 Å². The molecule has 9 rings (SSSR count). The van der Waals surface area contributed by atoms with E-state index in [0.29, 0.717) is 11.4 Å². The van der Waals surface area contributed by atoms with Crippen molar-refractivity contribution in [1.82, 2.24) is 29.5 Å². The van der Waals surface area contributed by atoms with Crippen molar-refractivity contribution in [3.63, 3.8) is 0 Å². The molecule has 3 heterocycles. The zero-order chi connectivity index (χ0) is 49.8. The van der Waals surface area contributed by atoms with Gasteiger partial charge in [0.25, 0.3) is 0 Å². The van der Waals surface area contributed by atoms with E-state index in [1.54, 1.807) is 0 Å². The van der Waals surface area contributed by atoms with Gasteiger partial charge in [0.1, 0.15) is 23.2 Å². The van der Waals surface area contributed by atoms with Gasteiger partial charge in [-0.3, -0.25) is 9.55 Å². The average Bonchev–Trinajstić information content (AvgIpc) is 3.69. The largest absolute Gasteiger partial charge is 0.507 e. The molecular formula is C61H66N6OSi2. The molecule has 0 saturated heterocycles. The van der Waals surface area contributed by atoms with Crippen LogP contribution in [0.15, 0.2) is 152 Å². The van der Waals surface area contributed by atoms with Crippen molar-refractivity contribution in [2.45, 2.75) is 104 Å². The van der Waals surface area contributed by atoms with Gasteiger partial charge in [-0.15, -0.1) is 0 Å². The highest BCUT2D eigenvalue weighted by atomic mass is 28.3. The summed E-state index contributed by atoms with van der Waals surface area (Å²) in [5, 5.41) is 12.6. The molecule has 0 amide bonds. The van der Waals surface area contributed by atoms with E-state index in [-0.39, 0.29) is 16.6 Å². The third kappa shape index (κ3) is 10.4. The SMILES string of the molecule is CC(C)(C)c1cc(-c2nc3c(-c4cccc(-c5ccccn5)c4)cccc3n2-c2ccc(-c3ccc(-c4nc(C[Si](C)(C)C)nc(C[Si](C)(C)C)n4)cc3)cc2-c2ccccc2)c(O)c(C(C)(C)C)c1. The molecule has 7 nitrogen and oxygen atoms in total. The molecule has 0 spiro atoms. The Morgan fingerprint density at radius 1 is 0.486 bits per heavy atom. The van der Waals surface area contributed by atoms with E-state index in [2.05, 4.69) is 218 Å². The molecule has 9 heteroatoms. The van der Waals surface area contributed by atoms with Crippen molar-refractivity contribution >= 4 is 27.2 Å². The molecule has 70 heavy (non-hydrogen) atoms. The molecule has 3 aromatic heterocycles. The number of para-hydroxylation sites is 1. The van der Waals surface area contributed by atoms with Crippen LogP contribution in [0.5, 0.6) is 5.75 Å². The first kappa shape index (κ1) is 48.2. The number of pyridine rings is 1. The number of aromatic nitrogens is 6. The second-order valence-electron chi connectivity index (χ2n) is 23.3.